The van der Waals surface area contributed by atoms with Gasteiger partial charge in [0.1, 0.15) is 49.3 Å². The molecule has 0 bridgehead atoms. The van der Waals surface area contributed by atoms with E-state index in [-0.39, 0.29) is 0 Å². The van der Waals surface area contributed by atoms with E-state index in [0.29, 0.717) is 0 Å². The molecule has 9 atom stereocenters. The third-order valence-electron chi connectivity index (χ3n) is 4.06. The van der Waals surface area contributed by atoms with Crippen molar-refractivity contribution in [2.24, 2.45) is 0 Å². The van der Waals surface area contributed by atoms with E-state index >= 15 is 0 Å². The molecule has 0 aromatic heterocycles. The van der Waals surface area contributed by atoms with Gasteiger partial charge in [0.05, 0.1) is 13.2 Å². The first-order valence-corrected chi connectivity index (χ1v) is 7.04. The molecule has 11 heteroatoms. The van der Waals surface area contributed by atoms with Crippen molar-refractivity contribution >= 4 is 0 Å². The Balaban J connectivity index is 2.22. The van der Waals surface area contributed by atoms with Gasteiger partial charge in [-0.2, -0.15) is 0 Å². The minimum atomic E-state index is -2.22. The van der Waals surface area contributed by atoms with Crippen LogP contribution in [0.2, 0.25) is 0 Å². The summed E-state index contributed by atoms with van der Waals surface area (Å²) in [6, 6.07) is 0. The number of hydrogen-bond acceptors (Lipinski definition) is 11. The minimum Gasteiger partial charge on any atom is -0.394 e. The summed E-state index contributed by atoms with van der Waals surface area (Å²) in [5.41, 5.74) is 0. The first-order valence-electron chi connectivity index (χ1n) is 7.04. The zero-order chi connectivity index (χ0) is 17.4. The molecule has 2 fully saturated rings. The molecule has 0 spiro atoms. The van der Waals surface area contributed by atoms with Crippen molar-refractivity contribution < 1.29 is 55.1 Å². The van der Waals surface area contributed by atoms with Gasteiger partial charge in [0, 0.05) is 0 Å². The van der Waals surface area contributed by atoms with Crippen LogP contribution in [0.5, 0.6) is 0 Å². The lowest BCUT2D eigenvalue weighted by atomic mass is 9.94. The molecule has 2 aliphatic heterocycles. The second kappa shape index (κ2) is 7.21. The van der Waals surface area contributed by atoms with Gasteiger partial charge in [-0.1, -0.05) is 0 Å². The van der Waals surface area contributed by atoms with Gasteiger partial charge in [0.2, 0.25) is 5.79 Å². The van der Waals surface area contributed by atoms with Crippen LogP contribution >= 0.6 is 0 Å². The number of hydrogen-bond donors (Lipinski definition) is 8. The van der Waals surface area contributed by atoms with E-state index in [1.807, 2.05) is 0 Å². The average Bonchev–Trinajstić information content (AvgIpc) is 2.55. The molecule has 0 radical (unpaired) electrons. The predicted octanol–water partition coefficient (Wildman–Crippen LogP) is -5.40. The molecule has 8 N–H and O–H groups in total. The molecule has 11 nitrogen and oxygen atoms in total. The van der Waals surface area contributed by atoms with E-state index < -0.39 is 74.6 Å². The van der Waals surface area contributed by atoms with Crippen LogP contribution in [-0.2, 0) is 14.2 Å². The summed E-state index contributed by atoms with van der Waals surface area (Å²) in [7, 11) is 0. The SMILES string of the molecule is OC[C@H]1O[C@@H](O)[C@H](O)[C@@H](O)[C@@H]1O[C@]1(CO)OC[C@H](O)[C@H](O)[C@H]1O. The molecule has 0 saturated carbocycles. The Morgan fingerprint density at radius 2 is 1.61 bits per heavy atom. The van der Waals surface area contributed by atoms with Crippen LogP contribution in [0.3, 0.4) is 0 Å². The molecular formula is C12H22O11. The third kappa shape index (κ3) is 3.36. The lowest BCUT2D eigenvalue weighted by Gasteiger charge is -2.48. The van der Waals surface area contributed by atoms with Crippen LogP contribution in [0.4, 0.5) is 0 Å². The maximum atomic E-state index is 10.0. The van der Waals surface area contributed by atoms with E-state index in [4.69, 9.17) is 14.2 Å². The monoisotopic (exact) mass is 342 g/mol. The van der Waals surface area contributed by atoms with Gasteiger partial charge in [0.15, 0.2) is 6.29 Å². The molecule has 0 amide bonds. The van der Waals surface area contributed by atoms with Gasteiger partial charge in [-0.15, -0.1) is 0 Å². The first kappa shape index (κ1) is 18.9. The van der Waals surface area contributed by atoms with Crippen LogP contribution < -0.4 is 0 Å². The molecule has 0 aromatic rings. The molecule has 2 aliphatic rings. The molecule has 0 unspecified atom stereocenters. The largest absolute Gasteiger partial charge is 0.394 e. The highest BCUT2D eigenvalue weighted by atomic mass is 16.7. The van der Waals surface area contributed by atoms with E-state index in [1.165, 1.54) is 0 Å². The van der Waals surface area contributed by atoms with Crippen LogP contribution in [0, 0.1) is 0 Å². The van der Waals surface area contributed by atoms with Crippen molar-refractivity contribution in [1.82, 2.24) is 0 Å². The summed E-state index contributed by atoms with van der Waals surface area (Å²) in [6.07, 6.45) is -13.1. The smallest absolute Gasteiger partial charge is 0.221 e. The Morgan fingerprint density at radius 1 is 0.957 bits per heavy atom. The highest BCUT2D eigenvalue weighted by Gasteiger charge is 2.55. The van der Waals surface area contributed by atoms with Crippen molar-refractivity contribution in [2.45, 2.75) is 54.8 Å². The second-order valence-corrected chi connectivity index (χ2v) is 5.60. The van der Waals surface area contributed by atoms with Gasteiger partial charge < -0.3 is 55.1 Å². The van der Waals surface area contributed by atoms with Crippen LogP contribution in [0.25, 0.3) is 0 Å². The Kier molecular flexibility index (Phi) is 5.92. The molecular weight excluding hydrogens is 320 g/mol. The van der Waals surface area contributed by atoms with E-state index in [1.54, 1.807) is 0 Å². The van der Waals surface area contributed by atoms with Crippen molar-refractivity contribution in [3.05, 3.63) is 0 Å². The Bertz CT molecular complexity index is 393. The average molecular weight is 342 g/mol. The highest BCUT2D eigenvalue weighted by Crippen LogP contribution is 2.33. The van der Waals surface area contributed by atoms with Crippen LogP contribution in [0.1, 0.15) is 0 Å². The maximum absolute atomic E-state index is 10.0. The van der Waals surface area contributed by atoms with Crippen molar-refractivity contribution in [3.8, 4) is 0 Å². The fraction of sp³-hybridized carbons (Fsp3) is 1.00. The number of rotatable bonds is 4. The van der Waals surface area contributed by atoms with E-state index in [9.17, 15) is 40.9 Å². The fourth-order valence-corrected chi connectivity index (χ4v) is 2.60. The summed E-state index contributed by atoms with van der Waals surface area (Å²) in [5.74, 6) is -2.22. The van der Waals surface area contributed by atoms with Gasteiger partial charge >= 0.3 is 0 Å². The van der Waals surface area contributed by atoms with Crippen LogP contribution in [0.15, 0.2) is 0 Å². The molecule has 2 saturated heterocycles. The quantitative estimate of drug-likeness (QED) is 0.243. The minimum absolute atomic E-state index is 0.475. The normalized spacial score (nSPS) is 51.7. The molecule has 2 heterocycles. The Morgan fingerprint density at radius 3 is 2.17 bits per heavy atom. The molecule has 136 valence electrons. The lowest BCUT2D eigenvalue weighted by molar-refractivity contribution is -0.393. The summed E-state index contributed by atoms with van der Waals surface area (Å²) in [5, 5.41) is 77.0. The van der Waals surface area contributed by atoms with Gasteiger partial charge in [-0.3, -0.25) is 0 Å². The zero-order valence-electron chi connectivity index (χ0n) is 12.0. The van der Waals surface area contributed by atoms with Crippen molar-refractivity contribution in [2.75, 3.05) is 19.8 Å². The van der Waals surface area contributed by atoms with Gasteiger partial charge in [-0.25, -0.2) is 0 Å². The third-order valence-corrected chi connectivity index (χ3v) is 4.06. The van der Waals surface area contributed by atoms with Crippen molar-refractivity contribution in [3.63, 3.8) is 0 Å². The van der Waals surface area contributed by atoms with E-state index in [0.717, 1.165) is 0 Å². The predicted molar refractivity (Wildman–Crippen MR) is 68.6 cm³/mol. The topological polar surface area (TPSA) is 190 Å². The molecule has 2 rings (SSSR count). The molecule has 0 aromatic carbocycles. The maximum Gasteiger partial charge on any atom is 0.221 e. The first-order chi connectivity index (χ1) is 10.8. The summed E-state index contributed by atoms with van der Waals surface area (Å²) in [4.78, 5) is 0. The standard InChI is InChI=1S/C12H22O11/c13-1-5-9(7(17)8(18)11(20)22-5)23-12(3-14)10(19)6(16)4(15)2-21-12/h4-11,13-20H,1-3H2/t4-,5+,6-,7+,8+,9+,10+,11+,12-/m0/s1. The van der Waals surface area contributed by atoms with Crippen LogP contribution in [-0.4, -0.2) is 115 Å². The molecule has 23 heavy (non-hydrogen) atoms. The van der Waals surface area contributed by atoms with E-state index in [2.05, 4.69) is 0 Å². The summed E-state index contributed by atoms with van der Waals surface area (Å²) >= 11 is 0. The number of ether oxygens (including phenoxy) is 3. The molecule has 0 aliphatic carbocycles. The Labute approximate surface area is 130 Å². The summed E-state index contributed by atoms with van der Waals surface area (Å²) < 4.78 is 15.3. The fourth-order valence-electron chi connectivity index (χ4n) is 2.60. The zero-order valence-corrected chi connectivity index (χ0v) is 12.0. The van der Waals surface area contributed by atoms with Gasteiger partial charge in [-0.05, 0) is 0 Å². The summed E-state index contributed by atoms with van der Waals surface area (Å²) in [6.45, 7) is -2.15. The second-order valence-electron chi connectivity index (χ2n) is 5.60. The number of aliphatic hydroxyl groups is 8. The van der Waals surface area contributed by atoms with Gasteiger partial charge in [0.25, 0.3) is 0 Å². The Hall–Kier alpha value is -0.440. The highest BCUT2D eigenvalue weighted by molar-refractivity contribution is 4.97. The van der Waals surface area contributed by atoms with Crippen molar-refractivity contribution in [1.29, 1.82) is 0 Å². The lowest BCUT2D eigenvalue weighted by Crippen LogP contribution is -2.68. The number of aliphatic hydroxyl groups excluding tert-OH is 8.